The minimum Gasteiger partial charge on any atom is -0.294 e. The van der Waals surface area contributed by atoms with Crippen LogP contribution in [-0.4, -0.2) is 10.8 Å². The van der Waals surface area contributed by atoms with Crippen LogP contribution in [0.1, 0.15) is 49.7 Å². The Bertz CT molecular complexity index is 567. The van der Waals surface area contributed by atoms with E-state index in [1.165, 1.54) is 0 Å². The second-order valence-corrected chi connectivity index (χ2v) is 4.34. The van der Waals surface area contributed by atoms with Crippen LogP contribution in [0.5, 0.6) is 0 Å². The molecule has 1 aromatic rings. The second-order valence-electron chi connectivity index (χ2n) is 4.34. The third kappa shape index (κ3) is 3.66. The third-order valence-electron chi connectivity index (χ3n) is 2.75. The van der Waals surface area contributed by atoms with Crippen molar-refractivity contribution in [1.82, 2.24) is 4.98 Å². The molecule has 0 N–H and O–H groups in total. The highest BCUT2D eigenvalue weighted by molar-refractivity contribution is 5.95. The molecular weight excluding hydrogens is 222 g/mol. The van der Waals surface area contributed by atoms with Gasteiger partial charge in [-0.2, -0.15) is 0 Å². The van der Waals surface area contributed by atoms with Gasteiger partial charge in [0.2, 0.25) is 0 Å². The molecule has 0 atom stereocenters. The van der Waals surface area contributed by atoms with E-state index in [9.17, 15) is 4.79 Å². The molecule has 2 heteroatoms. The molecule has 0 bridgehead atoms. The van der Waals surface area contributed by atoms with E-state index in [-0.39, 0.29) is 5.78 Å². The van der Waals surface area contributed by atoms with Gasteiger partial charge >= 0.3 is 0 Å². The van der Waals surface area contributed by atoms with E-state index < -0.39 is 0 Å². The zero-order valence-corrected chi connectivity index (χ0v) is 11.7. The van der Waals surface area contributed by atoms with Crippen LogP contribution < -0.4 is 10.6 Å². The first-order valence-corrected chi connectivity index (χ1v) is 6.42. The third-order valence-corrected chi connectivity index (χ3v) is 2.75. The Kier molecular flexibility index (Phi) is 5.50. The summed E-state index contributed by atoms with van der Waals surface area (Å²) in [6.45, 7) is 7.58. The monoisotopic (exact) mass is 243 g/mol. The van der Waals surface area contributed by atoms with Crippen LogP contribution in [0.2, 0.25) is 0 Å². The Morgan fingerprint density at radius 1 is 1.44 bits per heavy atom. The van der Waals surface area contributed by atoms with Crippen molar-refractivity contribution in [3.05, 3.63) is 40.0 Å². The first kappa shape index (κ1) is 14.4. The first-order chi connectivity index (χ1) is 8.60. The number of allylic oxidation sites excluding steroid dienone is 2. The zero-order chi connectivity index (χ0) is 13.5. The Balaban J connectivity index is 3.52. The van der Waals surface area contributed by atoms with Crippen LogP contribution in [0.4, 0.5) is 0 Å². The van der Waals surface area contributed by atoms with Crippen LogP contribution in [0.15, 0.2) is 18.2 Å². The summed E-state index contributed by atoms with van der Waals surface area (Å²) >= 11 is 0. The molecule has 96 valence electrons. The highest BCUT2D eigenvalue weighted by Crippen LogP contribution is 2.00. The fourth-order valence-electron chi connectivity index (χ4n) is 1.77. The maximum absolute atomic E-state index is 11.5. The van der Waals surface area contributed by atoms with Crippen molar-refractivity contribution in [3.8, 4) is 0 Å². The molecule has 0 fully saturated rings. The summed E-state index contributed by atoms with van der Waals surface area (Å²) in [5, 5.41) is 1.98. The molecule has 0 amide bonds. The average molecular weight is 243 g/mol. The quantitative estimate of drug-likeness (QED) is 0.761. The van der Waals surface area contributed by atoms with E-state index in [0.717, 1.165) is 29.1 Å². The lowest BCUT2D eigenvalue weighted by Crippen LogP contribution is -2.30. The Hall–Kier alpha value is -1.70. The van der Waals surface area contributed by atoms with Gasteiger partial charge in [0.1, 0.15) is 0 Å². The van der Waals surface area contributed by atoms with Gasteiger partial charge in [0.05, 0.1) is 5.35 Å². The topological polar surface area (TPSA) is 30.0 Å². The van der Waals surface area contributed by atoms with Gasteiger partial charge in [0.15, 0.2) is 5.78 Å². The first-order valence-electron chi connectivity index (χ1n) is 6.42. The highest BCUT2D eigenvalue weighted by atomic mass is 16.1. The maximum atomic E-state index is 11.5. The number of rotatable bonds is 4. The van der Waals surface area contributed by atoms with Crippen molar-refractivity contribution in [2.24, 2.45) is 0 Å². The lowest BCUT2D eigenvalue weighted by atomic mass is 10.1. The number of carbonyl (C=O) groups excluding carboxylic acids is 1. The standard InChI is InChI=1S/C16H21NO/c1-5-7-9-14-11-15(13(4)18)12(3)17-16(14)10-8-6-2/h5,7,9-11H,6,8H2,1-4H3/b7-5-,14-9-,16-10-. The summed E-state index contributed by atoms with van der Waals surface area (Å²) in [5.74, 6) is 0.0668. The number of aromatic nitrogens is 1. The average Bonchev–Trinajstić information content (AvgIpc) is 2.34. The lowest BCUT2D eigenvalue weighted by Gasteiger charge is -2.01. The van der Waals surface area contributed by atoms with Gasteiger partial charge in [-0.1, -0.05) is 37.6 Å². The summed E-state index contributed by atoms with van der Waals surface area (Å²) in [7, 11) is 0. The van der Waals surface area contributed by atoms with Crippen LogP contribution in [0, 0.1) is 6.92 Å². The van der Waals surface area contributed by atoms with Gasteiger partial charge in [0.25, 0.3) is 0 Å². The van der Waals surface area contributed by atoms with Crippen molar-refractivity contribution >= 4 is 17.9 Å². The largest absolute Gasteiger partial charge is 0.294 e. The number of aryl methyl sites for hydroxylation is 1. The summed E-state index contributed by atoms with van der Waals surface area (Å²) in [5.41, 5.74) is 1.52. The number of ketones is 1. The minimum atomic E-state index is 0.0668. The van der Waals surface area contributed by atoms with Gasteiger partial charge in [0, 0.05) is 16.5 Å². The number of hydrogen-bond donors (Lipinski definition) is 0. The van der Waals surface area contributed by atoms with E-state index in [1.807, 2.05) is 38.1 Å². The molecule has 0 aromatic carbocycles. The number of Topliss-reactive ketones (excluding diaryl/α,β-unsaturated/α-hetero) is 1. The van der Waals surface area contributed by atoms with Crippen molar-refractivity contribution in [2.45, 2.75) is 40.5 Å². The molecule has 0 saturated carbocycles. The number of carbonyl (C=O) groups is 1. The van der Waals surface area contributed by atoms with Crippen molar-refractivity contribution in [3.63, 3.8) is 0 Å². The molecule has 0 aliphatic carbocycles. The molecule has 0 aliphatic rings. The van der Waals surface area contributed by atoms with Crippen LogP contribution >= 0.6 is 0 Å². The van der Waals surface area contributed by atoms with Gasteiger partial charge < -0.3 is 0 Å². The summed E-state index contributed by atoms with van der Waals surface area (Å²) in [4.78, 5) is 16.1. The molecular formula is C16H21NO. The SMILES string of the molecule is C\C=C/C=c1/cc(C(C)=O)c(C)n/c1=C\CCC. The van der Waals surface area contributed by atoms with Gasteiger partial charge in [-0.3, -0.25) is 9.78 Å². The maximum Gasteiger partial charge on any atom is 0.161 e. The minimum absolute atomic E-state index is 0.0668. The smallest absolute Gasteiger partial charge is 0.161 e. The fourth-order valence-corrected chi connectivity index (χ4v) is 1.77. The normalized spacial score (nSPS) is 13.6. The van der Waals surface area contributed by atoms with E-state index in [4.69, 9.17) is 0 Å². The van der Waals surface area contributed by atoms with E-state index in [0.29, 0.717) is 5.56 Å². The van der Waals surface area contributed by atoms with Crippen molar-refractivity contribution in [1.29, 1.82) is 0 Å². The molecule has 1 rings (SSSR count). The molecule has 18 heavy (non-hydrogen) atoms. The summed E-state index contributed by atoms with van der Waals surface area (Å²) < 4.78 is 0. The highest BCUT2D eigenvalue weighted by Gasteiger charge is 2.04. The Morgan fingerprint density at radius 3 is 2.72 bits per heavy atom. The van der Waals surface area contributed by atoms with Gasteiger partial charge in [-0.25, -0.2) is 0 Å². The fraction of sp³-hybridized carbons (Fsp3) is 0.375. The molecule has 2 nitrogen and oxygen atoms in total. The van der Waals surface area contributed by atoms with Crippen molar-refractivity contribution < 1.29 is 4.79 Å². The lowest BCUT2D eigenvalue weighted by molar-refractivity contribution is 0.101. The predicted octanol–water partition coefficient (Wildman–Crippen LogP) is 2.53. The molecule has 1 heterocycles. The number of pyridine rings is 1. The zero-order valence-electron chi connectivity index (χ0n) is 11.7. The van der Waals surface area contributed by atoms with Gasteiger partial charge in [-0.05, 0) is 33.3 Å². The Labute approximate surface area is 109 Å². The molecule has 0 aliphatic heterocycles. The number of nitrogens with zero attached hydrogens (tertiary/aromatic N) is 1. The molecule has 0 radical (unpaired) electrons. The van der Waals surface area contributed by atoms with Crippen LogP contribution in [0.25, 0.3) is 12.2 Å². The van der Waals surface area contributed by atoms with Crippen molar-refractivity contribution in [2.75, 3.05) is 0 Å². The summed E-state index contributed by atoms with van der Waals surface area (Å²) in [6.07, 6.45) is 10.2. The van der Waals surface area contributed by atoms with Crippen LogP contribution in [0.3, 0.4) is 0 Å². The molecule has 0 unspecified atom stereocenters. The number of hydrogen-bond acceptors (Lipinski definition) is 2. The van der Waals surface area contributed by atoms with E-state index in [2.05, 4.69) is 18.0 Å². The van der Waals surface area contributed by atoms with E-state index in [1.54, 1.807) is 6.92 Å². The van der Waals surface area contributed by atoms with Crippen LogP contribution in [-0.2, 0) is 0 Å². The van der Waals surface area contributed by atoms with Gasteiger partial charge in [-0.15, -0.1) is 0 Å². The molecule has 1 aromatic heterocycles. The number of unbranched alkanes of at least 4 members (excludes halogenated alkanes) is 1. The van der Waals surface area contributed by atoms with E-state index >= 15 is 0 Å². The Morgan fingerprint density at radius 2 is 2.17 bits per heavy atom. The predicted molar refractivity (Wildman–Crippen MR) is 76.9 cm³/mol. The summed E-state index contributed by atoms with van der Waals surface area (Å²) in [6, 6.07) is 1.94. The second kappa shape index (κ2) is 6.90. The molecule has 0 spiro atoms. The molecule has 0 saturated heterocycles.